The summed E-state index contributed by atoms with van der Waals surface area (Å²) in [6.45, 7) is 4.39. The van der Waals surface area contributed by atoms with E-state index in [1.165, 1.54) is 12.1 Å². The third kappa shape index (κ3) is 2.35. The van der Waals surface area contributed by atoms with Crippen LogP contribution < -0.4 is 5.32 Å². The average Bonchev–Trinajstić information content (AvgIpc) is 2.51. The Bertz CT molecular complexity index is 356. The lowest BCUT2D eigenvalue weighted by Gasteiger charge is -2.05. The SMILES string of the molecule is C=C1COC([NH2+]c2cccc(F)c2)S1. The van der Waals surface area contributed by atoms with Crippen LogP contribution in [0.5, 0.6) is 0 Å². The highest BCUT2D eigenvalue weighted by atomic mass is 32.2. The number of hydrogen-bond donors (Lipinski definition) is 1. The van der Waals surface area contributed by atoms with Gasteiger partial charge >= 0.3 is 0 Å². The Morgan fingerprint density at radius 3 is 3.07 bits per heavy atom. The summed E-state index contributed by atoms with van der Waals surface area (Å²) in [4.78, 5) is 1.02. The highest BCUT2D eigenvalue weighted by Gasteiger charge is 2.22. The fraction of sp³-hybridized carbons (Fsp3) is 0.200. The number of nitrogens with two attached hydrogens (primary N) is 1. The molecule has 1 unspecified atom stereocenters. The summed E-state index contributed by atoms with van der Waals surface area (Å²) in [6.07, 6.45) is 0. The van der Waals surface area contributed by atoms with Gasteiger partial charge in [0.25, 0.3) is 0 Å². The van der Waals surface area contributed by atoms with Gasteiger partial charge in [-0.25, -0.2) is 4.39 Å². The minimum atomic E-state index is -0.222. The van der Waals surface area contributed by atoms with Crippen molar-refractivity contribution >= 4 is 17.4 Å². The minimum Gasteiger partial charge on any atom is -0.315 e. The number of rotatable bonds is 2. The fourth-order valence-corrected chi connectivity index (χ4v) is 2.08. The first-order valence-corrected chi connectivity index (χ1v) is 5.18. The van der Waals surface area contributed by atoms with Gasteiger partial charge in [-0.2, -0.15) is 0 Å². The van der Waals surface area contributed by atoms with Crippen molar-refractivity contribution in [2.75, 3.05) is 6.61 Å². The van der Waals surface area contributed by atoms with Crippen LogP contribution in [0.3, 0.4) is 0 Å². The first-order chi connectivity index (χ1) is 6.74. The molecule has 0 bridgehead atoms. The first-order valence-electron chi connectivity index (χ1n) is 4.30. The molecule has 1 aliphatic heterocycles. The zero-order valence-electron chi connectivity index (χ0n) is 7.57. The predicted molar refractivity (Wildman–Crippen MR) is 54.5 cm³/mol. The molecule has 0 spiro atoms. The number of halogens is 1. The Hall–Kier alpha value is -0.840. The summed E-state index contributed by atoms with van der Waals surface area (Å²) in [5, 5.41) is 1.89. The summed E-state index contributed by atoms with van der Waals surface area (Å²) < 4.78 is 18.2. The van der Waals surface area contributed by atoms with Gasteiger partial charge < -0.3 is 4.74 Å². The second kappa shape index (κ2) is 4.13. The number of thioether (sulfide) groups is 1. The molecule has 1 saturated heterocycles. The molecule has 14 heavy (non-hydrogen) atoms. The molecule has 1 fully saturated rings. The standard InChI is InChI=1S/C10H10FNOS/c1-7-6-13-10(14-7)12-9-4-2-3-8(11)5-9/h2-5,10,12H,1,6H2/p+1. The third-order valence-electron chi connectivity index (χ3n) is 1.87. The van der Waals surface area contributed by atoms with Crippen molar-refractivity contribution in [2.24, 2.45) is 0 Å². The van der Waals surface area contributed by atoms with Crippen LogP contribution in [0, 0.1) is 5.82 Å². The molecule has 1 aromatic carbocycles. The van der Waals surface area contributed by atoms with Gasteiger partial charge in [0, 0.05) is 11.0 Å². The molecule has 0 radical (unpaired) electrons. The van der Waals surface area contributed by atoms with E-state index in [2.05, 4.69) is 6.58 Å². The lowest BCUT2D eigenvalue weighted by Crippen LogP contribution is -2.83. The molecule has 4 heteroatoms. The van der Waals surface area contributed by atoms with Crippen molar-refractivity contribution in [2.45, 2.75) is 5.56 Å². The Labute approximate surface area is 86.1 Å². The summed E-state index contributed by atoms with van der Waals surface area (Å²) in [6, 6.07) is 6.47. The summed E-state index contributed by atoms with van der Waals surface area (Å²) >= 11 is 1.57. The smallest absolute Gasteiger partial charge is 0.248 e. The van der Waals surface area contributed by atoms with Crippen molar-refractivity contribution < 1.29 is 14.4 Å². The van der Waals surface area contributed by atoms with E-state index in [1.807, 2.05) is 11.4 Å². The topological polar surface area (TPSA) is 25.8 Å². The van der Waals surface area contributed by atoms with Gasteiger partial charge in [-0.1, -0.05) is 12.6 Å². The number of ether oxygens (including phenoxy) is 1. The van der Waals surface area contributed by atoms with Gasteiger partial charge in [0.05, 0.1) is 6.61 Å². The molecule has 0 aliphatic carbocycles. The zero-order chi connectivity index (χ0) is 9.97. The van der Waals surface area contributed by atoms with E-state index >= 15 is 0 Å². The Morgan fingerprint density at radius 1 is 1.57 bits per heavy atom. The third-order valence-corrected chi connectivity index (χ3v) is 2.82. The van der Waals surface area contributed by atoms with Crippen molar-refractivity contribution in [3.05, 3.63) is 41.6 Å². The van der Waals surface area contributed by atoms with Crippen LogP contribution in [0.4, 0.5) is 10.1 Å². The van der Waals surface area contributed by atoms with E-state index < -0.39 is 0 Å². The van der Waals surface area contributed by atoms with Crippen LogP contribution in [0.15, 0.2) is 35.7 Å². The highest BCUT2D eigenvalue weighted by Crippen LogP contribution is 2.25. The second-order valence-corrected chi connectivity index (χ2v) is 4.34. The van der Waals surface area contributed by atoms with Crippen molar-refractivity contribution in [1.82, 2.24) is 0 Å². The molecule has 1 atom stereocenters. The Balaban J connectivity index is 2.00. The molecule has 2 rings (SSSR count). The van der Waals surface area contributed by atoms with E-state index in [-0.39, 0.29) is 11.4 Å². The fourth-order valence-electron chi connectivity index (χ4n) is 1.26. The molecule has 0 saturated carbocycles. The highest BCUT2D eigenvalue weighted by molar-refractivity contribution is 8.03. The quantitative estimate of drug-likeness (QED) is 0.753. The largest absolute Gasteiger partial charge is 0.315 e. The van der Waals surface area contributed by atoms with Gasteiger partial charge in [-0.15, -0.1) is 0 Å². The number of quaternary nitrogens is 1. The number of hydrogen-bond acceptors (Lipinski definition) is 2. The summed E-state index contributed by atoms with van der Waals surface area (Å²) in [7, 11) is 0. The summed E-state index contributed by atoms with van der Waals surface area (Å²) in [5.74, 6) is -0.222. The van der Waals surface area contributed by atoms with Crippen molar-refractivity contribution in [3.8, 4) is 0 Å². The van der Waals surface area contributed by atoms with Gasteiger partial charge in [-0.05, 0) is 23.9 Å². The monoisotopic (exact) mass is 212 g/mol. The molecular formula is C10H11FNOS+. The molecular weight excluding hydrogens is 201 g/mol. The van der Waals surface area contributed by atoms with Gasteiger partial charge in [0.2, 0.25) is 5.56 Å². The van der Waals surface area contributed by atoms with E-state index in [0.29, 0.717) is 6.61 Å². The van der Waals surface area contributed by atoms with Crippen LogP contribution in [0.1, 0.15) is 0 Å². The molecule has 0 aromatic heterocycles. The zero-order valence-corrected chi connectivity index (χ0v) is 8.39. The Morgan fingerprint density at radius 2 is 2.43 bits per heavy atom. The van der Waals surface area contributed by atoms with Crippen LogP contribution in [0.25, 0.3) is 0 Å². The van der Waals surface area contributed by atoms with Gasteiger partial charge in [-0.3, -0.25) is 5.32 Å². The predicted octanol–water partition coefficient (Wildman–Crippen LogP) is 1.58. The molecule has 1 aromatic rings. The van der Waals surface area contributed by atoms with Gasteiger partial charge in [0.15, 0.2) is 0 Å². The Kier molecular flexibility index (Phi) is 2.86. The van der Waals surface area contributed by atoms with Crippen LogP contribution in [-0.2, 0) is 4.74 Å². The van der Waals surface area contributed by atoms with E-state index in [0.717, 1.165) is 10.6 Å². The molecule has 2 nitrogen and oxygen atoms in total. The number of benzene rings is 1. The minimum absolute atomic E-state index is 0.0238. The van der Waals surface area contributed by atoms with E-state index in [9.17, 15) is 4.39 Å². The van der Waals surface area contributed by atoms with E-state index in [4.69, 9.17) is 4.74 Å². The second-order valence-electron chi connectivity index (χ2n) is 3.06. The lowest BCUT2D eigenvalue weighted by atomic mass is 10.3. The molecule has 1 heterocycles. The van der Waals surface area contributed by atoms with Crippen molar-refractivity contribution in [3.63, 3.8) is 0 Å². The molecule has 1 aliphatic rings. The maximum Gasteiger partial charge on any atom is 0.248 e. The van der Waals surface area contributed by atoms with Crippen LogP contribution in [-0.4, -0.2) is 12.2 Å². The van der Waals surface area contributed by atoms with Gasteiger partial charge in [0.1, 0.15) is 11.5 Å². The van der Waals surface area contributed by atoms with E-state index in [1.54, 1.807) is 17.8 Å². The summed E-state index contributed by atoms with van der Waals surface area (Å²) in [5.41, 5.74) is 0.821. The van der Waals surface area contributed by atoms with Crippen LogP contribution >= 0.6 is 11.8 Å². The average molecular weight is 212 g/mol. The van der Waals surface area contributed by atoms with Crippen molar-refractivity contribution in [1.29, 1.82) is 0 Å². The molecule has 2 N–H and O–H groups in total. The maximum atomic E-state index is 12.8. The normalized spacial score (nSPS) is 21.5. The molecule has 74 valence electrons. The lowest BCUT2D eigenvalue weighted by molar-refractivity contribution is -0.626. The van der Waals surface area contributed by atoms with Crippen LogP contribution in [0.2, 0.25) is 0 Å². The molecule has 0 amide bonds. The maximum absolute atomic E-state index is 12.8. The first kappa shape index (κ1) is 9.71.